The van der Waals surface area contributed by atoms with Crippen molar-refractivity contribution in [3.63, 3.8) is 0 Å². The molecule has 0 heterocycles. The molecule has 0 aliphatic heterocycles. The van der Waals surface area contributed by atoms with Gasteiger partial charge in [0.1, 0.15) is 0 Å². The van der Waals surface area contributed by atoms with Gasteiger partial charge in [-0.25, -0.2) is 4.79 Å². The van der Waals surface area contributed by atoms with Gasteiger partial charge in [-0.15, -0.1) is 0 Å². The van der Waals surface area contributed by atoms with E-state index in [1.54, 1.807) is 5.57 Å². The van der Waals surface area contributed by atoms with Crippen molar-refractivity contribution >= 4 is 5.97 Å². The summed E-state index contributed by atoms with van der Waals surface area (Å²) in [6.45, 7) is 10.5. The largest absolute Gasteiger partial charge is 0.478 e. The zero-order valence-electron chi connectivity index (χ0n) is 12.8. The van der Waals surface area contributed by atoms with Crippen molar-refractivity contribution in [3.05, 3.63) is 22.8 Å². The third kappa shape index (κ3) is 2.77. The van der Waals surface area contributed by atoms with Crippen LogP contribution in [0.25, 0.3) is 0 Å². The minimum atomic E-state index is -0.730. The molecule has 1 saturated carbocycles. The van der Waals surface area contributed by atoms with E-state index < -0.39 is 5.97 Å². The van der Waals surface area contributed by atoms with E-state index in [0.29, 0.717) is 23.3 Å². The van der Waals surface area contributed by atoms with Crippen LogP contribution in [0.2, 0.25) is 0 Å². The molecule has 0 aromatic rings. The van der Waals surface area contributed by atoms with Gasteiger partial charge in [-0.3, -0.25) is 0 Å². The summed E-state index contributed by atoms with van der Waals surface area (Å²) >= 11 is 0. The third-order valence-corrected chi connectivity index (χ3v) is 4.29. The molecule has 0 amide bonds. The van der Waals surface area contributed by atoms with Crippen LogP contribution >= 0.6 is 0 Å². The lowest BCUT2D eigenvalue weighted by atomic mass is 9.65. The molecule has 0 aromatic carbocycles. The monoisotopic (exact) mass is 262 g/mol. The zero-order valence-corrected chi connectivity index (χ0v) is 12.8. The summed E-state index contributed by atoms with van der Waals surface area (Å²) in [4.78, 5) is 11.5. The van der Waals surface area contributed by atoms with E-state index >= 15 is 0 Å². The zero-order chi connectivity index (χ0) is 14.4. The molecule has 0 unspecified atom stereocenters. The van der Waals surface area contributed by atoms with Gasteiger partial charge in [0.25, 0.3) is 0 Å². The first kappa shape index (κ1) is 14.4. The molecule has 106 valence electrons. The average Bonchev–Trinajstić information content (AvgIpc) is 2.49. The van der Waals surface area contributed by atoms with Crippen LogP contribution in [0.3, 0.4) is 0 Å². The van der Waals surface area contributed by atoms with Crippen molar-refractivity contribution in [1.29, 1.82) is 0 Å². The Morgan fingerprint density at radius 1 is 1.37 bits per heavy atom. The summed E-state index contributed by atoms with van der Waals surface area (Å²) < 4.78 is 0. The Morgan fingerprint density at radius 3 is 2.47 bits per heavy atom. The number of carboxylic acid groups (broad SMARTS) is 1. The molecule has 2 rings (SSSR count). The summed E-state index contributed by atoms with van der Waals surface area (Å²) in [6, 6.07) is 0. The number of aliphatic carboxylic acids is 1. The van der Waals surface area contributed by atoms with Crippen LogP contribution in [0.4, 0.5) is 0 Å². The molecule has 2 heteroatoms. The Morgan fingerprint density at radius 2 is 2.00 bits per heavy atom. The van der Waals surface area contributed by atoms with Crippen molar-refractivity contribution in [2.24, 2.45) is 23.2 Å². The predicted octanol–water partition coefficient (Wildman–Crippen LogP) is 4.43. The molecule has 2 aliphatic rings. The van der Waals surface area contributed by atoms with Gasteiger partial charge in [-0.05, 0) is 36.5 Å². The number of carboxylic acids is 1. The second-order valence-electron chi connectivity index (χ2n) is 7.57. The molecular weight excluding hydrogens is 236 g/mol. The molecule has 0 spiro atoms. The van der Waals surface area contributed by atoms with E-state index in [0.717, 1.165) is 12.8 Å². The quantitative estimate of drug-likeness (QED) is 0.603. The standard InChI is InChI=1S/C17H26O2/c1-10(2)6-11-7-12-9-14(13(12)8-11)15(16(18)19)17(3,4)5/h8,10,12-13H,6-7,9H2,1-5H3,(H,18,19)/t12-,13-/m0/s1. The fourth-order valence-corrected chi connectivity index (χ4v) is 3.65. The Labute approximate surface area is 116 Å². The van der Waals surface area contributed by atoms with Crippen LogP contribution < -0.4 is 0 Å². The van der Waals surface area contributed by atoms with Crippen LogP contribution in [0.5, 0.6) is 0 Å². The molecule has 19 heavy (non-hydrogen) atoms. The van der Waals surface area contributed by atoms with Gasteiger partial charge in [-0.1, -0.05) is 51.8 Å². The van der Waals surface area contributed by atoms with E-state index in [1.165, 1.54) is 12.0 Å². The van der Waals surface area contributed by atoms with Crippen LogP contribution in [0.1, 0.15) is 53.9 Å². The first-order chi connectivity index (χ1) is 8.70. The fraction of sp³-hybridized carbons (Fsp3) is 0.706. The smallest absolute Gasteiger partial charge is 0.332 e. The third-order valence-electron chi connectivity index (χ3n) is 4.29. The van der Waals surface area contributed by atoms with Crippen molar-refractivity contribution in [1.82, 2.24) is 0 Å². The number of carbonyl (C=O) groups is 1. The summed E-state index contributed by atoms with van der Waals surface area (Å²) in [5, 5.41) is 9.50. The predicted molar refractivity (Wildman–Crippen MR) is 77.9 cm³/mol. The van der Waals surface area contributed by atoms with Crippen molar-refractivity contribution in [2.45, 2.75) is 53.9 Å². The fourth-order valence-electron chi connectivity index (χ4n) is 3.65. The van der Waals surface area contributed by atoms with E-state index in [2.05, 4.69) is 19.9 Å². The van der Waals surface area contributed by atoms with Gasteiger partial charge < -0.3 is 5.11 Å². The highest BCUT2D eigenvalue weighted by Gasteiger charge is 2.43. The van der Waals surface area contributed by atoms with Gasteiger partial charge in [0, 0.05) is 11.5 Å². The van der Waals surface area contributed by atoms with Gasteiger partial charge >= 0.3 is 5.97 Å². The lowest BCUT2D eigenvalue weighted by Gasteiger charge is -2.38. The maximum atomic E-state index is 11.5. The normalized spacial score (nSPS) is 28.8. The van der Waals surface area contributed by atoms with Gasteiger partial charge in [0.05, 0.1) is 0 Å². The number of rotatable bonds is 3. The molecule has 0 saturated heterocycles. The average molecular weight is 262 g/mol. The molecule has 0 aromatic heterocycles. The molecule has 0 bridgehead atoms. The lowest BCUT2D eigenvalue weighted by molar-refractivity contribution is -0.133. The number of fused-ring (bicyclic) bond motifs is 1. The Bertz CT molecular complexity index is 446. The van der Waals surface area contributed by atoms with Gasteiger partial charge in [0.2, 0.25) is 0 Å². The van der Waals surface area contributed by atoms with Gasteiger partial charge in [0.15, 0.2) is 0 Å². The summed E-state index contributed by atoms with van der Waals surface area (Å²) in [5.41, 5.74) is 3.11. The molecule has 1 fully saturated rings. The number of allylic oxidation sites excluding steroid dienone is 3. The van der Waals surface area contributed by atoms with Crippen LogP contribution in [-0.4, -0.2) is 11.1 Å². The van der Waals surface area contributed by atoms with Crippen LogP contribution in [-0.2, 0) is 4.79 Å². The molecular formula is C17H26O2. The Hall–Kier alpha value is -1.05. The molecule has 0 radical (unpaired) electrons. The summed E-state index contributed by atoms with van der Waals surface area (Å²) in [6.07, 6.45) is 5.70. The topological polar surface area (TPSA) is 37.3 Å². The first-order valence-electron chi connectivity index (χ1n) is 7.36. The second-order valence-corrected chi connectivity index (χ2v) is 7.57. The molecule has 2 nitrogen and oxygen atoms in total. The first-order valence-corrected chi connectivity index (χ1v) is 7.36. The van der Waals surface area contributed by atoms with Crippen molar-refractivity contribution in [2.75, 3.05) is 0 Å². The minimum absolute atomic E-state index is 0.263. The van der Waals surface area contributed by atoms with Crippen molar-refractivity contribution < 1.29 is 9.90 Å². The number of hydrogen-bond acceptors (Lipinski definition) is 1. The molecule has 1 N–H and O–H groups in total. The SMILES string of the molecule is CC(C)CC1=C[C@@H]2C(=C(C(=O)O)C(C)(C)C)C[C@@H]2C1. The van der Waals surface area contributed by atoms with E-state index in [1.807, 2.05) is 20.8 Å². The van der Waals surface area contributed by atoms with Gasteiger partial charge in [-0.2, -0.15) is 0 Å². The van der Waals surface area contributed by atoms with Crippen LogP contribution in [0.15, 0.2) is 22.8 Å². The molecule has 2 aliphatic carbocycles. The lowest BCUT2D eigenvalue weighted by Crippen LogP contribution is -2.31. The Balaban J connectivity index is 2.25. The second kappa shape index (κ2) is 4.81. The maximum absolute atomic E-state index is 11.5. The summed E-state index contributed by atoms with van der Waals surface area (Å²) in [5.74, 6) is 1.06. The summed E-state index contributed by atoms with van der Waals surface area (Å²) in [7, 11) is 0. The van der Waals surface area contributed by atoms with E-state index in [-0.39, 0.29) is 5.41 Å². The van der Waals surface area contributed by atoms with E-state index in [4.69, 9.17) is 0 Å². The highest BCUT2D eigenvalue weighted by molar-refractivity contribution is 5.89. The Kier molecular flexibility index (Phi) is 3.63. The number of hydrogen-bond donors (Lipinski definition) is 1. The maximum Gasteiger partial charge on any atom is 0.332 e. The van der Waals surface area contributed by atoms with E-state index in [9.17, 15) is 9.90 Å². The highest BCUT2D eigenvalue weighted by Crippen LogP contribution is 2.53. The minimum Gasteiger partial charge on any atom is -0.478 e. The molecule has 2 atom stereocenters. The van der Waals surface area contributed by atoms with Crippen LogP contribution in [0, 0.1) is 23.2 Å². The van der Waals surface area contributed by atoms with Crippen molar-refractivity contribution in [3.8, 4) is 0 Å². The highest BCUT2D eigenvalue weighted by atomic mass is 16.4.